The van der Waals surface area contributed by atoms with Gasteiger partial charge in [-0.1, -0.05) is 241 Å². The van der Waals surface area contributed by atoms with Crippen LogP contribution in [0.1, 0.15) is 290 Å². The molecule has 0 rings (SSSR count). The largest absolute Gasteiger partial charge is 0.462 e. The lowest BCUT2D eigenvalue weighted by Gasteiger charge is -2.18. The third-order valence-electron chi connectivity index (χ3n) is 12.9. The Labute approximate surface area is 439 Å². The first-order chi connectivity index (χ1) is 35.0. The summed E-state index contributed by atoms with van der Waals surface area (Å²) in [6, 6.07) is 0. The minimum atomic E-state index is -0.790. The van der Waals surface area contributed by atoms with E-state index in [1.807, 2.05) is 0 Å². The van der Waals surface area contributed by atoms with Gasteiger partial charge in [0.15, 0.2) is 6.10 Å². The first-order valence-corrected chi connectivity index (χ1v) is 30.1. The molecule has 0 aliphatic carbocycles. The van der Waals surface area contributed by atoms with E-state index in [-0.39, 0.29) is 31.1 Å². The minimum Gasteiger partial charge on any atom is -0.462 e. The van der Waals surface area contributed by atoms with Crippen molar-refractivity contribution in [3.8, 4) is 0 Å². The second kappa shape index (κ2) is 59.2. The Balaban J connectivity index is 4.39. The highest BCUT2D eigenvalue weighted by molar-refractivity contribution is 5.71. The van der Waals surface area contributed by atoms with Crippen LogP contribution in [0.3, 0.4) is 0 Å². The van der Waals surface area contributed by atoms with Gasteiger partial charge in [-0.15, -0.1) is 0 Å². The van der Waals surface area contributed by atoms with E-state index in [1.54, 1.807) is 0 Å². The zero-order valence-corrected chi connectivity index (χ0v) is 46.7. The molecule has 0 amide bonds. The molecule has 0 radical (unpaired) electrons. The van der Waals surface area contributed by atoms with Gasteiger partial charge < -0.3 is 14.2 Å². The van der Waals surface area contributed by atoms with Gasteiger partial charge >= 0.3 is 17.9 Å². The highest BCUT2D eigenvalue weighted by atomic mass is 16.6. The molecule has 0 heterocycles. The van der Waals surface area contributed by atoms with Crippen molar-refractivity contribution in [3.63, 3.8) is 0 Å². The molecule has 0 fully saturated rings. The van der Waals surface area contributed by atoms with Gasteiger partial charge in [0.2, 0.25) is 0 Å². The van der Waals surface area contributed by atoms with Crippen molar-refractivity contribution in [2.75, 3.05) is 13.2 Å². The van der Waals surface area contributed by atoms with Crippen LogP contribution in [0.2, 0.25) is 0 Å². The van der Waals surface area contributed by atoms with E-state index in [1.165, 1.54) is 135 Å². The summed E-state index contributed by atoms with van der Waals surface area (Å²) in [5.41, 5.74) is 0. The number of carbonyl (C=O) groups excluding carboxylic acids is 3. The Hall–Kier alpha value is -3.41. The molecule has 0 saturated carbocycles. The number of unbranched alkanes of at least 4 members (excludes halogenated alkanes) is 29. The topological polar surface area (TPSA) is 78.9 Å². The summed E-state index contributed by atoms with van der Waals surface area (Å²) >= 11 is 0. The van der Waals surface area contributed by atoms with Crippen LogP contribution < -0.4 is 0 Å². The van der Waals surface area contributed by atoms with Gasteiger partial charge in [0.1, 0.15) is 13.2 Å². The standard InChI is InChI=1S/C65H112O6/c1-4-7-10-13-16-19-22-25-28-29-30-31-32-33-34-35-38-40-43-46-49-52-55-58-64(67)70-61-62(71-65(68)59-56-53-50-47-44-41-37-27-24-21-18-15-12-9-6-3)60-69-63(66)57-54-51-48-45-42-39-36-26-23-20-17-14-11-8-5-2/h7,10,16,19,25-28,30-31,33-34,36-37,62H,4-6,8-9,11-15,17-18,20-24,29,32,35,38-61H2,1-3H3/b10-7-,19-16-,28-25-,31-30-,34-33-,36-26-,37-27-. The van der Waals surface area contributed by atoms with Crippen molar-refractivity contribution in [2.24, 2.45) is 0 Å². The molecule has 0 saturated heterocycles. The van der Waals surface area contributed by atoms with E-state index in [9.17, 15) is 14.4 Å². The van der Waals surface area contributed by atoms with E-state index < -0.39 is 6.10 Å². The number of ether oxygens (including phenoxy) is 3. The van der Waals surface area contributed by atoms with Gasteiger partial charge in [0, 0.05) is 19.3 Å². The van der Waals surface area contributed by atoms with E-state index in [4.69, 9.17) is 14.2 Å². The summed E-state index contributed by atoms with van der Waals surface area (Å²) in [4.78, 5) is 38.2. The monoisotopic (exact) mass is 989 g/mol. The van der Waals surface area contributed by atoms with Crippen molar-refractivity contribution in [1.82, 2.24) is 0 Å². The number of hydrogen-bond donors (Lipinski definition) is 0. The SMILES string of the molecule is CC/C=C\C/C=C\C/C=C\C/C=C\C/C=C\CCCCCCCCCC(=O)OCC(COC(=O)CCCCCCC/C=C\CCCCCCCC)OC(=O)CCCCCCC/C=C\CCCCCCCC. The Morgan fingerprint density at radius 1 is 0.296 bits per heavy atom. The lowest BCUT2D eigenvalue weighted by molar-refractivity contribution is -0.167. The van der Waals surface area contributed by atoms with Crippen molar-refractivity contribution >= 4 is 17.9 Å². The summed E-state index contributed by atoms with van der Waals surface area (Å²) in [5.74, 6) is -0.906. The van der Waals surface area contributed by atoms with Crippen molar-refractivity contribution in [3.05, 3.63) is 85.1 Å². The number of rotatable bonds is 54. The first-order valence-electron chi connectivity index (χ1n) is 30.1. The summed E-state index contributed by atoms with van der Waals surface area (Å²) < 4.78 is 16.9. The van der Waals surface area contributed by atoms with E-state index in [2.05, 4.69) is 106 Å². The molecular weight excluding hydrogens is 877 g/mol. The van der Waals surface area contributed by atoms with E-state index in [0.717, 1.165) is 116 Å². The van der Waals surface area contributed by atoms with Crippen LogP contribution in [0.5, 0.6) is 0 Å². The molecule has 0 aliphatic rings. The molecule has 0 aliphatic heterocycles. The third-order valence-corrected chi connectivity index (χ3v) is 12.9. The molecule has 0 bridgehead atoms. The fraction of sp³-hybridized carbons (Fsp3) is 0.738. The lowest BCUT2D eigenvalue weighted by Crippen LogP contribution is -2.30. The van der Waals surface area contributed by atoms with Gasteiger partial charge in [-0.3, -0.25) is 14.4 Å². The molecule has 1 atom stereocenters. The number of esters is 3. The van der Waals surface area contributed by atoms with Crippen molar-refractivity contribution in [1.29, 1.82) is 0 Å². The van der Waals surface area contributed by atoms with Gasteiger partial charge in [-0.2, -0.15) is 0 Å². The second-order valence-electron chi connectivity index (χ2n) is 19.9. The predicted molar refractivity (Wildman–Crippen MR) is 307 cm³/mol. The molecule has 408 valence electrons. The van der Waals surface area contributed by atoms with Gasteiger partial charge in [-0.25, -0.2) is 0 Å². The second-order valence-corrected chi connectivity index (χ2v) is 19.9. The summed E-state index contributed by atoms with van der Waals surface area (Å²) in [6.45, 7) is 6.51. The molecule has 0 spiro atoms. The quantitative estimate of drug-likeness (QED) is 0.0261. The van der Waals surface area contributed by atoms with Gasteiger partial charge in [0.25, 0.3) is 0 Å². The van der Waals surface area contributed by atoms with Gasteiger partial charge in [-0.05, 0) is 116 Å². The third kappa shape index (κ3) is 57.4. The molecule has 71 heavy (non-hydrogen) atoms. The van der Waals surface area contributed by atoms with Gasteiger partial charge in [0.05, 0.1) is 0 Å². The highest BCUT2D eigenvalue weighted by Crippen LogP contribution is 2.15. The maximum absolute atomic E-state index is 12.9. The maximum Gasteiger partial charge on any atom is 0.306 e. The number of hydrogen-bond acceptors (Lipinski definition) is 6. The maximum atomic E-state index is 12.9. The zero-order chi connectivity index (χ0) is 51.4. The molecule has 0 aromatic heterocycles. The van der Waals surface area contributed by atoms with E-state index in [0.29, 0.717) is 19.3 Å². The van der Waals surface area contributed by atoms with Crippen LogP contribution in [0.4, 0.5) is 0 Å². The Morgan fingerprint density at radius 3 is 0.873 bits per heavy atom. The number of allylic oxidation sites excluding steroid dienone is 14. The van der Waals surface area contributed by atoms with Crippen LogP contribution in [0.15, 0.2) is 85.1 Å². The molecule has 6 heteroatoms. The zero-order valence-electron chi connectivity index (χ0n) is 46.7. The highest BCUT2D eigenvalue weighted by Gasteiger charge is 2.19. The Bertz CT molecular complexity index is 1370. The Kier molecular flexibility index (Phi) is 56.3. The van der Waals surface area contributed by atoms with Crippen LogP contribution >= 0.6 is 0 Å². The van der Waals surface area contributed by atoms with Crippen LogP contribution in [-0.2, 0) is 28.6 Å². The lowest BCUT2D eigenvalue weighted by atomic mass is 10.1. The molecule has 0 N–H and O–H groups in total. The normalized spacial score (nSPS) is 12.7. The summed E-state index contributed by atoms with van der Waals surface area (Å²) in [6.07, 6.45) is 77.1. The molecule has 6 nitrogen and oxygen atoms in total. The smallest absolute Gasteiger partial charge is 0.306 e. The molecule has 0 aromatic rings. The molecule has 0 aromatic carbocycles. The molecular formula is C65H112O6. The molecule has 1 unspecified atom stereocenters. The van der Waals surface area contributed by atoms with Crippen molar-refractivity contribution in [2.45, 2.75) is 297 Å². The van der Waals surface area contributed by atoms with Crippen LogP contribution in [0, 0.1) is 0 Å². The average Bonchev–Trinajstić information content (AvgIpc) is 3.37. The van der Waals surface area contributed by atoms with Crippen molar-refractivity contribution < 1.29 is 28.6 Å². The van der Waals surface area contributed by atoms with Crippen LogP contribution in [-0.4, -0.2) is 37.2 Å². The predicted octanol–water partition coefficient (Wildman–Crippen LogP) is 20.3. The Morgan fingerprint density at radius 2 is 0.549 bits per heavy atom. The van der Waals surface area contributed by atoms with E-state index >= 15 is 0 Å². The average molecular weight is 990 g/mol. The summed E-state index contributed by atoms with van der Waals surface area (Å²) in [5, 5.41) is 0. The fourth-order valence-corrected chi connectivity index (χ4v) is 8.34. The first kappa shape index (κ1) is 67.6. The summed E-state index contributed by atoms with van der Waals surface area (Å²) in [7, 11) is 0. The minimum absolute atomic E-state index is 0.0869. The number of carbonyl (C=O) groups is 3. The fourth-order valence-electron chi connectivity index (χ4n) is 8.34. The van der Waals surface area contributed by atoms with Crippen LogP contribution in [0.25, 0.3) is 0 Å².